The van der Waals surface area contributed by atoms with E-state index in [4.69, 9.17) is 4.98 Å². The molecule has 1 saturated carbocycles. The van der Waals surface area contributed by atoms with Crippen LogP contribution >= 0.6 is 11.8 Å². The summed E-state index contributed by atoms with van der Waals surface area (Å²) >= 11 is 1.86. The summed E-state index contributed by atoms with van der Waals surface area (Å²) in [5.41, 5.74) is 3.59. The molecule has 0 spiro atoms. The molecule has 0 saturated heterocycles. The lowest BCUT2D eigenvalue weighted by atomic mass is 9.94. The Morgan fingerprint density at radius 1 is 1.00 bits per heavy atom. The lowest BCUT2D eigenvalue weighted by Crippen LogP contribution is -2.27. The Morgan fingerprint density at radius 3 is 2.66 bits per heavy atom. The highest BCUT2D eigenvalue weighted by Gasteiger charge is 2.51. The van der Waals surface area contributed by atoms with Crippen molar-refractivity contribution in [2.75, 3.05) is 28.2 Å². The summed E-state index contributed by atoms with van der Waals surface area (Å²) in [7, 11) is 0. The average Bonchev–Trinajstić information content (AvgIpc) is 3.74. The van der Waals surface area contributed by atoms with E-state index >= 15 is 0 Å². The van der Waals surface area contributed by atoms with Crippen molar-refractivity contribution in [3.8, 4) is 11.1 Å². The van der Waals surface area contributed by atoms with E-state index in [9.17, 15) is 9.18 Å². The Hall–Kier alpha value is -3.91. The maximum absolute atomic E-state index is 13.8. The summed E-state index contributed by atoms with van der Waals surface area (Å²) in [4.78, 5) is 23.7. The number of thioether (sulfide) groups is 1. The van der Waals surface area contributed by atoms with Crippen molar-refractivity contribution < 1.29 is 9.18 Å². The van der Waals surface area contributed by atoms with Crippen molar-refractivity contribution in [2.45, 2.75) is 36.0 Å². The first-order valence-electron chi connectivity index (χ1n) is 12.9. The zero-order valence-corrected chi connectivity index (χ0v) is 21.7. The fourth-order valence-electron chi connectivity index (χ4n) is 4.75. The first-order valence-corrected chi connectivity index (χ1v) is 13.9. The molecular formula is C30H28FN5OS. The summed E-state index contributed by atoms with van der Waals surface area (Å²) in [6, 6.07) is 22.3. The Kier molecular flexibility index (Phi) is 6.72. The molecule has 6 rings (SSSR count). The molecule has 4 bridgehead atoms. The van der Waals surface area contributed by atoms with Gasteiger partial charge in [0, 0.05) is 34.6 Å². The van der Waals surface area contributed by atoms with E-state index < -0.39 is 5.41 Å². The van der Waals surface area contributed by atoms with Gasteiger partial charge >= 0.3 is 0 Å². The van der Waals surface area contributed by atoms with Gasteiger partial charge in [0.1, 0.15) is 11.6 Å². The second kappa shape index (κ2) is 10.5. The Bertz CT molecular complexity index is 1470. The minimum absolute atomic E-state index is 0.100. The number of rotatable bonds is 4. The molecule has 2 aliphatic rings. The molecule has 4 aromatic rings. The summed E-state index contributed by atoms with van der Waals surface area (Å²) in [5.74, 6) is 1.95. The van der Waals surface area contributed by atoms with Gasteiger partial charge in [-0.1, -0.05) is 30.3 Å². The normalized spacial score (nSPS) is 16.0. The van der Waals surface area contributed by atoms with Gasteiger partial charge in [-0.3, -0.25) is 4.79 Å². The second-order valence-corrected chi connectivity index (χ2v) is 10.9. The van der Waals surface area contributed by atoms with Gasteiger partial charge in [0.05, 0.1) is 5.41 Å². The number of nitrogens with zero attached hydrogens (tertiary/aromatic N) is 2. The number of hydrogen-bond acceptors (Lipinski definition) is 6. The molecule has 1 amide bonds. The molecule has 2 heterocycles. The fraction of sp³-hybridized carbons (Fsp3) is 0.233. The minimum atomic E-state index is -0.645. The SMILES string of the molecule is O=C(Nc1ccc(-c2cnc3nc2NCCCCSc2cccc(c2)N3)cc1)C1(c2cccc(F)c2)CC1. The van der Waals surface area contributed by atoms with Crippen molar-refractivity contribution in [1.82, 2.24) is 9.97 Å². The number of anilines is 4. The zero-order valence-electron chi connectivity index (χ0n) is 20.8. The third-order valence-corrected chi connectivity index (χ3v) is 8.11. The van der Waals surface area contributed by atoms with Gasteiger partial charge in [-0.25, -0.2) is 9.37 Å². The molecule has 8 heteroatoms. The number of carbonyl (C=O) groups excluding carboxylic acids is 1. The molecule has 0 radical (unpaired) electrons. The van der Waals surface area contributed by atoms with E-state index in [1.807, 2.05) is 60.4 Å². The van der Waals surface area contributed by atoms with E-state index in [0.717, 1.165) is 66.2 Å². The number of nitrogens with one attached hydrogen (secondary N) is 3. The third-order valence-electron chi connectivity index (χ3n) is 7.03. The first kappa shape index (κ1) is 24.4. The molecule has 3 aromatic carbocycles. The van der Waals surface area contributed by atoms with Gasteiger partial charge < -0.3 is 16.0 Å². The maximum Gasteiger partial charge on any atom is 0.235 e. The van der Waals surface area contributed by atoms with Crippen LogP contribution in [0.15, 0.2) is 83.9 Å². The quantitative estimate of drug-likeness (QED) is 0.266. The number of benzene rings is 3. The van der Waals surface area contributed by atoms with E-state index in [1.165, 1.54) is 17.0 Å². The van der Waals surface area contributed by atoms with Crippen LogP contribution in [0.3, 0.4) is 0 Å². The molecule has 1 aliphatic heterocycles. The molecule has 1 fully saturated rings. The van der Waals surface area contributed by atoms with E-state index in [-0.39, 0.29) is 11.7 Å². The summed E-state index contributed by atoms with van der Waals surface area (Å²) in [5, 5.41) is 9.84. The Balaban J connectivity index is 1.21. The third kappa shape index (κ3) is 5.22. The maximum atomic E-state index is 13.8. The summed E-state index contributed by atoms with van der Waals surface area (Å²) in [6.07, 6.45) is 5.41. The largest absolute Gasteiger partial charge is 0.369 e. The van der Waals surface area contributed by atoms with E-state index in [2.05, 4.69) is 33.1 Å². The predicted octanol–water partition coefficient (Wildman–Crippen LogP) is 6.99. The smallest absolute Gasteiger partial charge is 0.235 e. The Labute approximate surface area is 225 Å². The van der Waals surface area contributed by atoms with Crippen LogP contribution in [0.5, 0.6) is 0 Å². The van der Waals surface area contributed by atoms with E-state index in [1.54, 1.807) is 6.07 Å². The number of hydrogen-bond donors (Lipinski definition) is 3. The molecular weight excluding hydrogens is 497 g/mol. The standard InChI is InChI=1S/C30H28FN5OS/c31-22-6-3-5-21(17-22)30(13-14-30)28(37)34-23-11-9-20(10-12-23)26-19-33-29-35-24-7-4-8-25(18-24)38-16-2-1-15-32-27(26)36-29/h3-12,17-19H,1-2,13-16H2,(H,34,37)(H2,32,33,35,36). The van der Waals surface area contributed by atoms with Crippen molar-refractivity contribution >= 4 is 40.8 Å². The second-order valence-electron chi connectivity index (χ2n) is 9.71. The number of halogens is 1. The van der Waals surface area contributed by atoms with Crippen LogP contribution in [0.4, 0.5) is 27.5 Å². The van der Waals surface area contributed by atoms with E-state index in [0.29, 0.717) is 11.6 Å². The van der Waals surface area contributed by atoms with Crippen LogP contribution in [0.25, 0.3) is 11.1 Å². The summed E-state index contributed by atoms with van der Waals surface area (Å²) < 4.78 is 13.8. The molecule has 3 N–H and O–H groups in total. The van der Waals surface area contributed by atoms with Crippen molar-refractivity contribution in [2.24, 2.45) is 0 Å². The monoisotopic (exact) mass is 525 g/mol. The van der Waals surface area contributed by atoms with Crippen LogP contribution in [0.1, 0.15) is 31.2 Å². The van der Waals surface area contributed by atoms with Gasteiger partial charge in [0.2, 0.25) is 11.9 Å². The van der Waals surface area contributed by atoms with Crippen LogP contribution in [0, 0.1) is 5.82 Å². The lowest BCUT2D eigenvalue weighted by molar-refractivity contribution is -0.118. The van der Waals surface area contributed by atoms with Gasteiger partial charge in [-0.2, -0.15) is 4.98 Å². The predicted molar refractivity (Wildman–Crippen MR) is 152 cm³/mol. The average molecular weight is 526 g/mol. The van der Waals surface area contributed by atoms with Gasteiger partial charge in [-0.05, 0) is 85.0 Å². The molecule has 1 aromatic heterocycles. The van der Waals surface area contributed by atoms with Crippen molar-refractivity contribution in [1.29, 1.82) is 0 Å². The minimum Gasteiger partial charge on any atom is -0.369 e. The van der Waals surface area contributed by atoms with Gasteiger partial charge in [0.15, 0.2) is 0 Å². The van der Waals surface area contributed by atoms with Crippen molar-refractivity contribution in [3.63, 3.8) is 0 Å². The van der Waals surface area contributed by atoms with Gasteiger partial charge in [-0.15, -0.1) is 11.8 Å². The fourth-order valence-corrected chi connectivity index (χ4v) is 5.72. The molecule has 38 heavy (non-hydrogen) atoms. The molecule has 192 valence electrons. The first-order chi connectivity index (χ1) is 18.6. The molecule has 6 nitrogen and oxygen atoms in total. The van der Waals surface area contributed by atoms with Crippen LogP contribution in [0.2, 0.25) is 0 Å². The molecule has 1 aliphatic carbocycles. The number of fused-ring (bicyclic) bond motifs is 4. The molecule has 0 atom stereocenters. The highest BCUT2D eigenvalue weighted by molar-refractivity contribution is 7.99. The Morgan fingerprint density at radius 2 is 1.84 bits per heavy atom. The van der Waals surface area contributed by atoms with Crippen LogP contribution in [-0.4, -0.2) is 28.2 Å². The van der Waals surface area contributed by atoms with Gasteiger partial charge in [0.25, 0.3) is 0 Å². The number of amides is 1. The highest BCUT2D eigenvalue weighted by atomic mass is 32.2. The van der Waals surface area contributed by atoms with Crippen LogP contribution in [-0.2, 0) is 10.2 Å². The lowest BCUT2D eigenvalue weighted by Gasteiger charge is -2.16. The highest BCUT2D eigenvalue weighted by Crippen LogP contribution is 2.49. The van der Waals surface area contributed by atoms with Crippen molar-refractivity contribution in [3.05, 3.63) is 90.4 Å². The zero-order chi connectivity index (χ0) is 26.0. The summed E-state index contributed by atoms with van der Waals surface area (Å²) in [6.45, 7) is 0.817. The van der Waals surface area contributed by atoms with Crippen LogP contribution < -0.4 is 16.0 Å². The molecule has 0 unspecified atom stereocenters. The topological polar surface area (TPSA) is 78.9 Å². The number of carbonyl (C=O) groups is 1. The number of aromatic nitrogens is 2.